The fourth-order valence-corrected chi connectivity index (χ4v) is 2.56. The second-order valence-electron chi connectivity index (χ2n) is 4.99. The van der Waals surface area contributed by atoms with Gasteiger partial charge in [-0.15, -0.1) is 0 Å². The Morgan fingerprint density at radius 1 is 1.50 bits per heavy atom. The number of likely N-dealkylation sites (tertiary alicyclic amines) is 1. The van der Waals surface area contributed by atoms with Crippen molar-refractivity contribution in [1.29, 1.82) is 0 Å². The summed E-state index contributed by atoms with van der Waals surface area (Å²) in [7, 11) is 0. The second-order valence-corrected chi connectivity index (χ2v) is 4.99. The van der Waals surface area contributed by atoms with Gasteiger partial charge < -0.3 is 9.84 Å². The lowest BCUT2D eigenvalue weighted by atomic mass is 10.2. The van der Waals surface area contributed by atoms with E-state index in [9.17, 15) is 9.59 Å². The van der Waals surface area contributed by atoms with E-state index in [0.29, 0.717) is 26.1 Å². The average molecular weight is 256 g/mol. The third kappa shape index (κ3) is 3.07. The molecule has 18 heavy (non-hydrogen) atoms. The van der Waals surface area contributed by atoms with Crippen molar-refractivity contribution in [3.63, 3.8) is 0 Å². The average Bonchev–Trinajstić information content (AvgIpc) is 2.74. The largest absolute Gasteiger partial charge is 0.394 e. The van der Waals surface area contributed by atoms with Crippen molar-refractivity contribution in [2.24, 2.45) is 0 Å². The number of hydrogen-bond acceptors (Lipinski definition) is 5. The summed E-state index contributed by atoms with van der Waals surface area (Å²) in [5, 5.41) is 9.11. The van der Waals surface area contributed by atoms with Crippen LogP contribution >= 0.6 is 0 Å². The first-order valence-corrected chi connectivity index (χ1v) is 6.42. The van der Waals surface area contributed by atoms with Crippen molar-refractivity contribution in [2.45, 2.75) is 32.0 Å². The van der Waals surface area contributed by atoms with Crippen LogP contribution in [0, 0.1) is 0 Å². The van der Waals surface area contributed by atoms with Gasteiger partial charge in [-0.2, -0.15) is 0 Å². The van der Waals surface area contributed by atoms with Crippen molar-refractivity contribution >= 4 is 11.8 Å². The Kier molecular flexibility index (Phi) is 4.31. The highest BCUT2D eigenvalue weighted by atomic mass is 16.5. The Morgan fingerprint density at radius 2 is 2.28 bits per heavy atom. The second kappa shape index (κ2) is 5.77. The van der Waals surface area contributed by atoms with Gasteiger partial charge in [0, 0.05) is 26.1 Å². The highest BCUT2D eigenvalue weighted by Crippen LogP contribution is 2.13. The van der Waals surface area contributed by atoms with Gasteiger partial charge in [0.25, 0.3) is 0 Å². The number of aliphatic hydroxyl groups is 1. The van der Waals surface area contributed by atoms with E-state index in [1.807, 2.05) is 11.8 Å². The molecule has 0 bridgehead atoms. The number of nitrogens with zero attached hydrogens (tertiary/aromatic N) is 2. The van der Waals surface area contributed by atoms with E-state index in [2.05, 4.69) is 0 Å². The fourth-order valence-electron chi connectivity index (χ4n) is 2.56. The molecule has 0 saturated carbocycles. The number of rotatable bonds is 3. The molecule has 2 amide bonds. The van der Waals surface area contributed by atoms with Gasteiger partial charge in [-0.05, 0) is 13.3 Å². The molecule has 2 unspecified atom stereocenters. The van der Waals surface area contributed by atoms with E-state index in [-0.39, 0.29) is 37.2 Å². The highest BCUT2D eigenvalue weighted by Gasteiger charge is 2.30. The van der Waals surface area contributed by atoms with E-state index in [4.69, 9.17) is 9.84 Å². The lowest BCUT2D eigenvalue weighted by Crippen LogP contribution is -2.51. The molecule has 2 aliphatic rings. The van der Waals surface area contributed by atoms with E-state index >= 15 is 0 Å². The maximum Gasteiger partial charge on any atom is 0.243 e. The Morgan fingerprint density at radius 3 is 2.89 bits per heavy atom. The first kappa shape index (κ1) is 13.5. The SMILES string of the molecule is CC1CN(CC(=O)N2CCCC2=O)CC(CO)O1. The summed E-state index contributed by atoms with van der Waals surface area (Å²) in [5.74, 6) is -0.205. The monoisotopic (exact) mass is 256 g/mol. The minimum Gasteiger partial charge on any atom is -0.394 e. The molecule has 2 heterocycles. The van der Waals surface area contributed by atoms with Gasteiger partial charge in [-0.3, -0.25) is 19.4 Å². The molecule has 0 aliphatic carbocycles. The molecule has 0 radical (unpaired) electrons. The lowest BCUT2D eigenvalue weighted by Gasteiger charge is -2.36. The summed E-state index contributed by atoms with van der Waals surface area (Å²) in [5.41, 5.74) is 0. The summed E-state index contributed by atoms with van der Waals surface area (Å²) in [6, 6.07) is 0. The minimum atomic E-state index is -0.240. The van der Waals surface area contributed by atoms with Crippen LogP contribution in [0.4, 0.5) is 0 Å². The van der Waals surface area contributed by atoms with Gasteiger partial charge in [0.2, 0.25) is 11.8 Å². The van der Waals surface area contributed by atoms with Crippen LogP contribution in [-0.4, -0.2) is 71.7 Å². The third-order valence-electron chi connectivity index (χ3n) is 3.34. The van der Waals surface area contributed by atoms with Crippen molar-refractivity contribution in [1.82, 2.24) is 9.80 Å². The number of carbonyl (C=O) groups excluding carboxylic acids is 2. The molecule has 2 saturated heterocycles. The fraction of sp³-hybridized carbons (Fsp3) is 0.833. The predicted molar refractivity (Wildman–Crippen MR) is 63.8 cm³/mol. The number of amides is 2. The van der Waals surface area contributed by atoms with Gasteiger partial charge in [0.15, 0.2) is 0 Å². The molecule has 6 nitrogen and oxygen atoms in total. The summed E-state index contributed by atoms with van der Waals surface area (Å²) in [6.45, 7) is 3.84. The predicted octanol–water partition coefficient (Wildman–Crippen LogP) is -0.783. The maximum atomic E-state index is 12.0. The van der Waals surface area contributed by atoms with Crippen LogP contribution in [0.25, 0.3) is 0 Å². The van der Waals surface area contributed by atoms with Gasteiger partial charge in [-0.25, -0.2) is 0 Å². The van der Waals surface area contributed by atoms with Crippen LogP contribution in [0.1, 0.15) is 19.8 Å². The molecule has 0 aromatic heterocycles. The first-order chi connectivity index (χ1) is 8.60. The van der Waals surface area contributed by atoms with E-state index in [1.54, 1.807) is 0 Å². The number of morpholine rings is 1. The molecule has 102 valence electrons. The van der Waals surface area contributed by atoms with Crippen molar-refractivity contribution in [3.05, 3.63) is 0 Å². The molecular weight excluding hydrogens is 236 g/mol. The smallest absolute Gasteiger partial charge is 0.243 e. The quantitative estimate of drug-likeness (QED) is 0.717. The van der Waals surface area contributed by atoms with Gasteiger partial charge in [0.1, 0.15) is 0 Å². The lowest BCUT2D eigenvalue weighted by molar-refractivity contribution is -0.145. The summed E-state index contributed by atoms with van der Waals surface area (Å²) < 4.78 is 5.51. The molecule has 0 spiro atoms. The Hall–Kier alpha value is -0.980. The molecule has 6 heteroatoms. The van der Waals surface area contributed by atoms with Crippen LogP contribution in [-0.2, 0) is 14.3 Å². The zero-order chi connectivity index (χ0) is 13.1. The van der Waals surface area contributed by atoms with Gasteiger partial charge in [-0.1, -0.05) is 0 Å². The van der Waals surface area contributed by atoms with E-state index in [0.717, 1.165) is 6.42 Å². The van der Waals surface area contributed by atoms with E-state index < -0.39 is 0 Å². The van der Waals surface area contributed by atoms with Gasteiger partial charge >= 0.3 is 0 Å². The molecular formula is C12H20N2O4. The number of imide groups is 1. The van der Waals surface area contributed by atoms with Crippen molar-refractivity contribution in [3.8, 4) is 0 Å². The molecule has 1 N–H and O–H groups in total. The minimum absolute atomic E-state index is 0.00187. The van der Waals surface area contributed by atoms with Crippen LogP contribution < -0.4 is 0 Å². The molecule has 2 fully saturated rings. The molecule has 2 aliphatic heterocycles. The van der Waals surface area contributed by atoms with Crippen LogP contribution in [0.3, 0.4) is 0 Å². The standard InChI is InChI=1S/C12H20N2O4/c1-9-5-13(6-10(8-15)18-9)7-12(17)14-4-2-3-11(14)16/h9-10,15H,2-8H2,1H3. The van der Waals surface area contributed by atoms with Gasteiger partial charge in [0.05, 0.1) is 25.4 Å². The summed E-state index contributed by atoms with van der Waals surface area (Å²) >= 11 is 0. The number of ether oxygens (including phenoxy) is 1. The van der Waals surface area contributed by atoms with Crippen molar-refractivity contribution < 1.29 is 19.4 Å². The Balaban J connectivity index is 1.88. The van der Waals surface area contributed by atoms with Crippen LogP contribution in [0.2, 0.25) is 0 Å². The van der Waals surface area contributed by atoms with E-state index in [1.165, 1.54) is 4.90 Å². The molecule has 2 rings (SSSR count). The number of aliphatic hydroxyl groups excluding tert-OH is 1. The summed E-state index contributed by atoms with van der Waals surface area (Å²) in [6.07, 6.45) is 1.00. The first-order valence-electron chi connectivity index (χ1n) is 6.42. The Bertz CT molecular complexity index is 334. The maximum absolute atomic E-state index is 12.0. The van der Waals surface area contributed by atoms with Crippen molar-refractivity contribution in [2.75, 3.05) is 32.8 Å². The Labute approximate surface area is 106 Å². The highest BCUT2D eigenvalue weighted by molar-refractivity contribution is 5.97. The number of carbonyl (C=O) groups is 2. The van der Waals surface area contributed by atoms with Crippen LogP contribution in [0.5, 0.6) is 0 Å². The topological polar surface area (TPSA) is 70.1 Å². The molecule has 0 aromatic carbocycles. The molecule has 0 aromatic rings. The third-order valence-corrected chi connectivity index (χ3v) is 3.34. The molecule has 2 atom stereocenters. The normalized spacial score (nSPS) is 29.9. The summed E-state index contributed by atoms with van der Waals surface area (Å²) in [4.78, 5) is 26.7. The number of hydrogen-bond donors (Lipinski definition) is 1. The zero-order valence-electron chi connectivity index (χ0n) is 10.7. The zero-order valence-corrected chi connectivity index (χ0v) is 10.7. The van der Waals surface area contributed by atoms with Crippen LogP contribution in [0.15, 0.2) is 0 Å².